The van der Waals surface area contributed by atoms with Crippen molar-refractivity contribution >= 4 is 11.4 Å². The van der Waals surface area contributed by atoms with E-state index in [0.717, 1.165) is 5.56 Å². The standard InChI is InChI=1S/C13H14N4O3/c1-2-15-11-7-10(3-4-12(11)17(19)20)8-16-9-14-6-5-13(16)18/h3-7,9,15H,2,8H2,1H3. The van der Waals surface area contributed by atoms with E-state index < -0.39 is 4.92 Å². The van der Waals surface area contributed by atoms with Gasteiger partial charge in [-0.2, -0.15) is 0 Å². The van der Waals surface area contributed by atoms with Crippen molar-refractivity contribution < 1.29 is 4.92 Å². The molecule has 7 nitrogen and oxygen atoms in total. The van der Waals surface area contributed by atoms with Gasteiger partial charge in [0.1, 0.15) is 5.69 Å². The predicted octanol–water partition coefficient (Wildman–Crippen LogP) is 1.63. The van der Waals surface area contributed by atoms with Gasteiger partial charge < -0.3 is 5.32 Å². The zero-order valence-electron chi connectivity index (χ0n) is 10.9. The lowest BCUT2D eigenvalue weighted by Crippen LogP contribution is -2.19. The van der Waals surface area contributed by atoms with Gasteiger partial charge in [0.05, 0.1) is 17.8 Å². The van der Waals surface area contributed by atoms with Crippen LogP contribution in [0.4, 0.5) is 11.4 Å². The highest BCUT2D eigenvalue weighted by Gasteiger charge is 2.13. The van der Waals surface area contributed by atoms with Gasteiger partial charge >= 0.3 is 0 Å². The minimum absolute atomic E-state index is 0.0223. The van der Waals surface area contributed by atoms with Gasteiger partial charge in [-0.05, 0) is 18.6 Å². The van der Waals surface area contributed by atoms with E-state index in [4.69, 9.17) is 0 Å². The molecule has 0 aliphatic heterocycles. The summed E-state index contributed by atoms with van der Waals surface area (Å²) in [6.45, 7) is 2.77. The molecular weight excluding hydrogens is 260 g/mol. The van der Waals surface area contributed by atoms with E-state index in [0.29, 0.717) is 18.8 Å². The summed E-state index contributed by atoms with van der Waals surface area (Å²) >= 11 is 0. The molecule has 0 saturated heterocycles. The SMILES string of the molecule is CCNc1cc(Cn2cnccc2=O)ccc1[N+](=O)[O-]. The molecule has 20 heavy (non-hydrogen) atoms. The highest BCUT2D eigenvalue weighted by atomic mass is 16.6. The van der Waals surface area contributed by atoms with Gasteiger partial charge in [-0.3, -0.25) is 19.5 Å². The Kier molecular flexibility index (Phi) is 4.09. The molecule has 0 amide bonds. The zero-order chi connectivity index (χ0) is 14.5. The second-order valence-corrected chi connectivity index (χ2v) is 4.19. The fourth-order valence-electron chi connectivity index (χ4n) is 1.87. The minimum Gasteiger partial charge on any atom is -0.380 e. The fourth-order valence-corrected chi connectivity index (χ4v) is 1.87. The third-order valence-corrected chi connectivity index (χ3v) is 2.77. The molecule has 0 aliphatic rings. The summed E-state index contributed by atoms with van der Waals surface area (Å²) in [5, 5.41) is 13.9. The van der Waals surface area contributed by atoms with Crippen molar-refractivity contribution in [2.75, 3.05) is 11.9 Å². The highest BCUT2D eigenvalue weighted by molar-refractivity contribution is 5.62. The third kappa shape index (κ3) is 3.00. The van der Waals surface area contributed by atoms with Crippen molar-refractivity contribution in [1.82, 2.24) is 9.55 Å². The van der Waals surface area contributed by atoms with Crippen LogP contribution in [0.3, 0.4) is 0 Å². The fraction of sp³-hybridized carbons (Fsp3) is 0.231. The van der Waals surface area contributed by atoms with Crippen molar-refractivity contribution in [2.24, 2.45) is 0 Å². The van der Waals surface area contributed by atoms with Gasteiger partial charge in [-0.15, -0.1) is 0 Å². The Morgan fingerprint density at radius 3 is 2.85 bits per heavy atom. The Labute approximate surface area is 115 Å². The lowest BCUT2D eigenvalue weighted by molar-refractivity contribution is -0.384. The maximum Gasteiger partial charge on any atom is 0.292 e. The maximum atomic E-state index is 11.6. The number of nitro benzene ring substituents is 1. The summed E-state index contributed by atoms with van der Waals surface area (Å²) in [5.41, 5.74) is 1.10. The summed E-state index contributed by atoms with van der Waals surface area (Å²) in [6.07, 6.45) is 2.87. The molecule has 0 spiro atoms. The first-order chi connectivity index (χ1) is 9.61. The van der Waals surface area contributed by atoms with Crippen LogP contribution in [-0.4, -0.2) is 21.0 Å². The van der Waals surface area contributed by atoms with Crippen molar-refractivity contribution in [3.8, 4) is 0 Å². The summed E-state index contributed by atoms with van der Waals surface area (Å²) in [7, 11) is 0. The quantitative estimate of drug-likeness (QED) is 0.661. The smallest absolute Gasteiger partial charge is 0.292 e. The van der Waals surface area contributed by atoms with Gasteiger partial charge in [0.2, 0.25) is 0 Å². The Balaban J connectivity index is 2.34. The number of nitrogens with one attached hydrogen (secondary N) is 1. The van der Waals surface area contributed by atoms with Crippen molar-refractivity contribution in [3.05, 3.63) is 62.8 Å². The van der Waals surface area contributed by atoms with Crippen LogP contribution in [0.25, 0.3) is 0 Å². The molecule has 0 radical (unpaired) electrons. The Morgan fingerprint density at radius 1 is 1.40 bits per heavy atom. The Hall–Kier alpha value is -2.70. The molecular formula is C13H14N4O3. The molecule has 0 saturated carbocycles. The average Bonchev–Trinajstić information content (AvgIpc) is 2.42. The van der Waals surface area contributed by atoms with Gasteiger partial charge in [0, 0.05) is 24.9 Å². The van der Waals surface area contributed by atoms with E-state index in [1.54, 1.807) is 12.1 Å². The van der Waals surface area contributed by atoms with Crippen molar-refractivity contribution in [1.29, 1.82) is 0 Å². The normalized spacial score (nSPS) is 10.2. The first-order valence-electron chi connectivity index (χ1n) is 6.13. The number of anilines is 1. The average molecular weight is 274 g/mol. The first kappa shape index (κ1) is 13.7. The summed E-state index contributed by atoms with van der Waals surface area (Å²) in [6, 6.07) is 6.13. The van der Waals surface area contributed by atoms with Crippen LogP contribution in [0.15, 0.2) is 41.6 Å². The van der Waals surface area contributed by atoms with E-state index in [1.807, 2.05) is 6.92 Å². The van der Waals surface area contributed by atoms with Crippen LogP contribution in [0.1, 0.15) is 12.5 Å². The van der Waals surface area contributed by atoms with E-state index in [2.05, 4.69) is 10.3 Å². The maximum absolute atomic E-state index is 11.6. The molecule has 1 aromatic heterocycles. The largest absolute Gasteiger partial charge is 0.380 e. The first-order valence-corrected chi connectivity index (χ1v) is 6.13. The monoisotopic (exact) mass is 274 g/mol. The molecule has 0 bridgehead atoms. The topological polar surface area (TPSA) is 90.1 Å². The molecule has 0 fully saturated rings. The number of nitro groups is 1. The Morgan fingerprint density at radius 2 is 2.20 bits per heavy atom. The number of rotatable bonds is 5. The predicted molar refractivity (Wildman–Crippen MR) is 74.9 cm³/mol. The molecule has 1 aromatic carbocycles. The van der Waals surface area contributed by atoms with Crippen molar-refractivity contribution in [2.45, 2.75) is 13.5 Å². The molecule has 7 heteroatoms. The van der Waals surface area contributed by atoms with E-state index in [1.165, 1.54) is 29.2 Å². The van der Waals surface area contributed by atoms with Crippen LogP contribution in [0.2, 0.25) is 0 Å². The number of nitrogens with zero attached hydrogens (tertiary/aromatic N) is 3. The second-order valence-electron chi connectivity index (χ2n) is 4.19. The van der Waals surface area contributed by atoms with Gasteiger partial charge in [0.25, 0.3) is 11.2 Å². The van der Waals surface area contributed by atoms with Gasteiger partial charge in [0.15, 0.2) is 0 Å². The number of benzene rings is 1. The van der Waals surface area contributed by atoms with Gasteiger partial charge in [-0.1, -0.05) is 6.07 Å². The minimum atomic E-state index is -0.433. The second kappa shape index (κ2) is 5.96. The lowest BCUT2D eigenvalue weighted by Gasteiger charge is -2.08. The van der Waals surface area contributed by atoms with Crippen LogP contribution >= 0.6 is 0 Å². The number of aromatic nitrogens is 2. The number of hydrogen-bond donors (Lipinski definition) is 1. The molecule has 1 heterocycles. The third-order valence-electron chi connectivity index (χ3n) is 2.77. The Bertz CT molecular complexity index is 681. The summed E-state index contributed by atoms with van der Waals surface area (Å²) in [5.74, 6) is 0. The molecule has 1 N–H and O–H groups in total. The highest BCUT2D eigenvalue weighted by Crippen LogP contribution is 2.25. The molecule has 2 rings (SSSR count). The van der Waals surface area contributed by atoms with Gasteiger partial charge in [-0.25, -0.2) is 4.98 Å². The molecule has 2 aromatic rings. The lowest BCUT2D eigenvalue weighted by atomic mass is 10.1. The van der Waals surface area contributed by atoms with E-state index in [9.17, 15) is 14.9 Å². The molecule has 0 unspecified atom stereocenters. The molecule has 104 valence electrons. The van der Waals surface area contributed by atoms with Crippen LogP contribution in [0.5, 0.6) is 0 Å². The molecule has 0 atom stereocenters. The summed E-state index contributed by atoms with van der Waals surface area (Å²) < 4.78 is 1.44. The van der Waals surface area contributed by atoms with Crippen LogP contribution in [0, 0.1) is 10.1 Å². The van der Waals surface area contributed by atoms with E-state index >= 15 is 0 Å². The number of hydrogen-bond acceptors (Lipinski definition) is 5. The zero-order valence-corrected chi connectivity index (χ0v) is 10.9. The molecule has 0 aliphatic carbocycles. The van der Waals surface area contributed by atoms with E-state index in [-0.39, 0.29) is 11.2 Å². The van der Waals surface area contributed by atoms with Crippen LogP contribution in [-0.2, 0) is 6.54 Å². The van der Waals surface area contributed by atoms with Crippen molar-refractivity contribution in [3.63, 3.8) is 0 Å². The summed E-state index contributed by atoms with van der Waals surface area (Å²) in [4.78, 5) is 26.0. The van der Waals surface area contributed by atoms with Crippen LogP contribution < -0.4 is 10.9 Å².